The van der Waals surface area contributed by atoms with Crippen molar-refractivity contribution >= 4 is 35.1 Å². The van der Waals surface area contributed by atoms with Crippen LogP contribution in [0.5, 0.6) is 5.75 Å². The maximum absolute atomic E-state index is 14.2. The Morgan fingerprint density at radius 1 is 1.04 bits per heavy atom. The first-order valence-electron chi connectivity index (χ1n) is 17.6. The zero-order valence-corrected chi connectivity index (χ0v) is 30.6. The molecule has 2 saturated heterocycles. The van der Waals surface area contributed by atoms with E-state index in [4.69, 9.17) is 26.3 Å². The van der Waals surface area contributed by atoms with Gasteiger partial charge in [-0.2, -0.15) is 10.4 Å². The third-order valence-electron chi connectivity index (χ3n) is 8.99. The molecule has 2 aliphatic rings. The fourth-order valence-electron chi connectivity index (χ4n) is 6.43. The first kappa shape index (κ1) is 37.9. The van der Waals surface area contributed by atoms with E-state index in [1.807, 2.05) is 19.9 Å². The molecule has 2 aliphatic heterocycles. The number of carbonyl (C=O) groups excluding carboxylic acids is 3. The van der Waals surface area contributed by atoms with Gasteiger partial charge in [0.2, 0.25) is 5.91 Å². The molecule has 4 amide bonds. The van der Waals surface area contributed by atoms with Gasteiger partial charge in [0.1, 0.15) is 23.5 Å². The molecular weight excluding hydrogens is 710 g/mol. The fraction of sp³-hybridized carbons (Fsp3) is 0.325. The second-order valence-electron chi connectivity index (χ2n) is 13.1. The van der Waals surface area contributed by atoms with Gasteiger partial charge in [-0.05, 0) is 61.9 Å². The quantitative estimate of drug-likeness (QED) is 0.213. The molecular formula is C40H40ClN7O6. The van der Waals surface area contributed by atoms with Crippen LogP contribution in [0.25, 0.3) is 11.3 Å². The summed E-state index contributed by atoms with van der Waals surface area (Å²) in [6.07, 6.45) is 1.67. The van der Waals surface area contributed by atoms with Crippen LogP contribution in [0.1, 0.15) is 43.0 Å². The minimum Gasteiger partial charge on any atom is -0.507 e. The molecule has 4 aromatic rings. The van der Waals surface area contributed by atoms with Crippen molar-refractivity contribution in [3.8, 4) is 34.9 Å². The molecule has 4 atom stereocenters. The van der Waals surface area contributed by atoms with Crippen LogP contribution in [0.2, 0.25) is 5.02 Å². The summed E-state index contributed by atoms with van der Waals surface area (Å²) in [5, 5.41) is 30.3. The number of phenolic OH excluding ortho intramolecular Hbond substituents is 1. The molecule has 3 heterocycles. The number of nitriles is 1. The van der Waals surface area contributed by atoms with Gasteiger partial charge in [0, 0.05) is 47.7 Å². The topological polar surface area (TPSA) is 162 Å². The first-order chi connectivity index (χ1) is 26.1. The summed E-state index contributed by atoms with van der Waals surface area (Å²) >= 11 is 6.20. The van der Waals surface area contributed by atoms with Crippen LogP contribution in [0.3, 0.4) is 0 Å². The van der Waals surface area contributed by atoms with E-state index in [0.29, 0.717) is 58.3 Å². The number of hydrogen-bond acceptors (Lipinski definition) is 8. The van der Waals surface area contributed by atoms with Crippen LogP contribution < -0.4 is 10.6 Å². The number of halogens is 1. The smallest absolute Gasteiger partial charge is 0.318 e. The van der Waals surface area contributed by atoms with Crippen molar-refractivity contribution in [1.29, 1.82) is 5.26 Å². The molecule has 0 unspecified atom stereocenters. The molecule has 0 saturated carbocycles. The van der Waals surface area contributed by atoms with E-state index in [1.54, 1.807) is 76.4 Å². The Kier molecular flexibility index (Phi) is 12.1. The summed E-state index contributed by atoms with van der Waals surface area (Å²) in [4.78, 5) is 44.5. The summed E-state index contributed by atoms with van der Waals surface area (Å²) in [7, 11) is 0. The first-order valence-corrected chi connectivity index (χ1v) is 18.0. The number of aromatic nitrogens is 2. The number of anilines is 1. The third kappa shape index (κ3) is 9.19. The molecule has 6 rings (SSSR count). The SMILES string of the molecule is C[C@@H]1CN(C(=O)N[C@H](C(=O)N2CCOC[C@@H]2C(=O)Nc2ccc(C#Cc3cn(CCC#N)nc3-c3cc(Cl)ccc3O)cc2)c2ccccc2)C[C@H](C)O1. The van der Waals surface area contributed by atoms with Crippen LogP contribution in [-0.4, -0.2) is 93.6 Å². The molecule has 14 heteroatoms. The highest BCUT2D eigenvalue weighted by molar-refractivity contribution is 6.31. The monoisotopic (exact) mass is 749 g/mol. The number of benzene rings is 3. The number of morpholine rings is 2. The minimum absolute atomic E-state index is 0.00522. The summed E-state index contributed by atoms with van der Waals surface area (Å²) in [5.74, 6) is 5.34. The number of aryl methyl sites for hydroxylation is 1. The van der Waals surface area contributed by atoms with Gasteiger partial charge in [-0.1, -0.05) is 53.8 Å². The predicted octanol–water partition coefficient (Wildman–Crippen LogP) is 4.95. The Labute approximate surface area is 318 Å². The zero-order chi connectivity index (χ0) is 38.2. The number of rotatable bonds is 8. The average molecular weight is 750 g/mol. The Morgan fingerprint density at radius 2 is 1.78 bits per heavy atom. The molecule has 278 valence electrons. The molecule has 0 spiro atoms. The molecule has 54 heavy (non-hydrogen) atoms. The van der Waals surface area contributed by atoms with Crippen molar-refractivity contribution in [2.24, 2.45) is 0 Å². The van der Waals surface area contributed by atoms with E-state index in [0.717, 1.165) is 0 Å². The van der Waals surface area contributed by atoms with Crippen LogP contribution in [-0.2, 0) is 25.6 Å². The summed E-state index contributed by atoms with van der Waals surface area (Å²) < 4.78 is 13.0. The molecule has 0 aliphatic carbocycles. The lowest BCUT2D eigenvalue weighted by atomic mass is 10.0. The van der Waals surface area contributed by atoms with Gasteiger partial charge < -0.3 is 35.0 Å². The summed E-state index contributed by atoms with van der Waals surface area (Å²) in [5.41, 5.74) is 3.10. The number of amides is 4. The molecule has 2 fully saturated rings. The standard InChI is InChI=1S/C40H40ClN7O6/c1-26-22-46(23-27(2)54-26)40(52)44-37(29-7-4-3-5-8-29)39(51)48-19-20-53-25-34(48)38(50)43-32-14-10-28(11-15-32)9-12-30-24-47(18-6-17-42)45-36(30)33-21-31(41)13-16-35(33)49/h3-5,7-8,10-11,13-16,21,24,26-27,34,37,49H,6,18-20,22-23,25H2,1-2H3,(H,43,50)(H,44,52)/t26-,27+,34-,37+/m1/s1. The highest BCUT2D eigenvalue weighted by atomic mass is 35.5. The van der Waals surface area contributed by atoms with Crippen LogP contribution in [0.4, 0.5) is 10.5 Å². The summed E-state index contributed by atoms with van der Waals surface area (Å²) in [6, 6.07) is 20.3. The second kappa shape index (κ2) is 17.3. The van der Waals surface area contributed by atoms with Gasteiger partial charge in [-0.15, -0.1) is 0 Å². The van der Waals surface area contributed by atoms with Gasteiger partial charge in [-0.25, -0.2) is 4.79 Å². The third-order valence-corrected chi connectivity index (χ3v) is 9.23. The Balaban J connectivity index is 1.17. The molecule has 0 bridgehead atoms. The van der Waals surface area contributed by atoms with Gasteiger partial charge in [0.15, 0.2) is 0 Å². The lowest BCUT2D eigenvalue weighted by Gasteiger charge is -2.38. The molecule has 13 nitrogen and oxygen atoms in total. The van der Waals surface area contributed by atoms with Crippen molar-refractivity contribution in [3.05, 3.63) is 101 Å². The van der Waals surface area contributed by atoms with Gasteiger partial charge >= 0.3 is 6.03 Å². The van der Waals surface area contributed by atoms with E-state index < -0.39 is 23.9 Å². The molecule has 3 N–H and O–H groups in total. The fourth-order valence-corrected chi connectivity index (χ4v) is 6.60. The highest BCUT2D eigenvalue weighted by Crippen LogP contribution is 2.33. The number of phenols is 1. The van der Waals surface area contributed by atoms with Gasteiger partial charge in [-0.3, -0.25) is 14.3 Å². The van der Waals surface area contributed by atoms with Crippen molar-refractivity contribution in [1.82, 2.24) is 24.9 Å². The maximum atomic E-state index is 14.2. The lowest BCUT2D eigenvalue weighted by molar-refractivity contribution is -0.148. The number of carbonyl (C=O) groups is 3. The lowest BCUT2D eigenvalue weighted by Crippen LogP contribution is -2.58. The van der Waals surface area contributed by atoms with Crippen molar-refractivity contribution in [3.63, 3.8) is 0 Å². The largest absolute Gasteiger partial charge is 0.507 e. The maximum Gasteiger partial charge on any atom is 0.318 e. The number of urea groups is 1. The normalized spacial score (nSPS) is 18.8. The van der Waals surface area contributed by atoms with Gasteiger partial charge in [0.05, 0.1) is 50.0 Å². The number of aromatic hydroxyl groups is 1. The number of nitrogens with one attached hydrogen (secondary N) is 2. The van der Waals surface area contributed by atoms with Crippen molar-refractivity contribution in [2.75, 3.05) is 38.2 Å². The Bertz CT molecular complexity index is 2080. The van der Waals surface area contributed by atoms with Crippen LogP contribution >= 0.6 is 11.6 Å². The Hall–Kier alpha value is -5.86. The number of nitrogens with zero attached hydrogens (tertiary/aromatic N) is 5. The van der Waals surface area contributed by atoms with E-state index in [1.165, 1.54) is 11.0 Å². The molecule has 3 aromatic carbocycles. The minimum atomic E-state index is -1.03. The summed E-state index contributed by atoms with van der Waals surface area (Å²) in [6.45, 7) is 5.33. The van der Waals surface area contributed by atoms with Crippen molar-refractivity contribution in [2.45, 2.75) is 51.1 Å². The predicted molar refractivity (Wildman–Crippen MR) is 201 cm³/mol. The van der Waals surface area contributed by atoms with E-state index in [2.05, 4.69) is 33.6 Å². The number of hydrogen-bond donors (Lipinski definition) is 3. The average Bonchev–Trinajstić information content (AvgIpc) is 3.59. The van der Waals surface area contributed by atoms with Gasteiger partial charge in [0.25, 0.3) is 5.91 Å². The van der Waals surface area contributed by atoms with Crippen LogP contribution in [0, 0.1) is 23.2 Å². The highest BCUT2D eigenvalue weighted by Gasteiger charge is 2.38. The van der Waals surface area contributed by atoms with Crippen LogP contribution in [0.15, 0.2) is 79.0 Å². The number of ether oxygens (including phenoxy) is 2. The van der Waals surface area contributed by atoms with Crippen molar-refractivity contribution < 1.29 is 29.0 Å². The zero-order valence-electron chi connectivity index (χ0n) is 29.9. The molecule has 1 aromatic heterocycles. The Morgan fingerprint density at radius 3 is 2.50 bits per heavy atom. The second-order valence-corrected chi connectivity index (χ2v) is 13.6. The molecule has 0 radical (unpaired) electrons. The van der Waals surface area contributed by atoms with E-state index in [9.17, 15) is 19.5 Å². The van der Waals surface area contributed by atoms with E-state index in [-0.39, 0.29) is 50.2 Å². The van der Waals surface area contributed by atoms with E-state index >= 15 is 0 Å².